The summed E-state index contributed by atoms with van der Waals surface area (Å²) in [6, 6.07) is 18.4. The van der Waals surface area contributed by atoms with Gasteiger partial charge in [0.15, 0.2) is 0 Å². The van der Waals surface area contributed by atoms with Gasteiger partial charge in [-0.3, -0.25) is 0 Å². The minimum absolute atomic E-state index is 0.0559. The Morgan fingerprint density at radius 2 is 1.68 bits per heavy atom. The van der Waals surface area contributed by atoms with E-state index in [0.29, 0.717) is 11.3 Å². The second-order valence-corrected chi connectivity index (χ2v) is 5.42. The second kappa shape index (κ2) is 7.28. The smallest absolute Gasteiger partial charge is 0.319 e. The van der Waals surface area contributed by atoms with Crippen LogP contribution in [-0.2, 0) is 0 Å². The summed E-state index contributed by atoms with van der Waals surface area (Å²) < 4.78 is 0. The number of hydrogen-bond acceptors (Lipinski definition) is 2. The third kappa shape index (κ3) is 4.10. The molecular formula is C18H19N3O. The zero-order valence-electron chi connectivity index (χ0n) is 12.7. The third-order valence-electron chi connectivity index (χ3n) is 3.38. The number of anilines is 1. The molecule has 22 heavy (non-hydrogen) atoms. The maximum absolute atomic E-state index is 12.2. The van der Waals surface area contributed by atoms with Crippen LogP contribution < -0.4 is 10.6 Å². The number of carbonyl (C=O) groups is 1. The normalized spacial score (nSPS) is 11.5. The molecule has 0 heterocycles. The molecule has 0 aliphatic rings. The molecule has 0 saturated heterocycles. The molecule has 1 atom stereocenters. The lowest BCUT2D eigenvalue weighted by molar-refractivity contribution is 0.244. The average Bonchev–Trinajstić information content (AvgIpc) is 2.54. The number of nitriles is 1. The highest BCUT2D eigenvalue weighted by atomic mass is 16.2. The Kier molecular flexibility index (Phi) is 5.16. The molecule has 2 amide bonds. The highest BCUT2D eigenvalue weighted by molar-refractivity contribution is 5.89. The van der Waals surface area contributed by atoms with Crippen LogP contribution in [0.4, 0.5) is 10.5 Å². The topological polar surface area (TPSA) is 64.9 Å². The SMILES string of the molecule is CC(C)C(NC(=O)Nc1ccc(C#N)cc1)c1ccccc1. The summed E-state index contributed by atoms with van der Waals surface area (Å²) >= 11 is 0. The van der Waals surface area contributed by atoms with E-state index < -0.39 is 0 Å². The van der Waals surface area contributed by atoms with E-state index in [0.717, 1.165) is 5.56 Å². The van der Waals surface area contributed by atoms with Crippen molar-refractivity contribution in [3.63, 3.8) is 0 Å². The first kappa shape index (κ1) is 15.6. The summed E-state index contributed by atoms with van der Waals surface area (Å²) in [5.41, 5.74) is 2.30. The van der Waals surface area contributed by atoms with Gasteiger partial charge in [0.2, 0.25) is 0 Å². The standard InChI is InChI=1S/C18H19N3O/c1-13(2)17(15-6-4-3-5-7-15)21-18(22)20-16-10-8-14(12-19)9-11-16/h3-11,13,17H,1-2H3,(H2,20,21,22). The largest absolute Gasteiger partial charge is 0.331 e. The molecule has 0 fully saturated rings. The van der Waals surface area contributed by atoms with Gasteiger partial charge in [-0.05, 0) is 35.7 Å². The van der Waals surface area contributed by atoms with Crippen LogP contribution in [0.2, 0.25) is 0 Å². The fourth-order valence-electron chi connectivity index (χ4n) is 2.23. The molecule has 0 aromatic heterocycles. The van der Waals surface area contributed by atoms with Crippen molar-refractivity contribution in [3.8, 4) is 6.07 Å². The molecule has 0 spiro atoms. The molecule has 0 saturated carbocycles. The highest BCUT2D eigenvalue weighted by Crippen LogP contribution is 2.21. The van der Waals surface area contributed by atoms with Crippen molar-refractivity contribution >= 4 is 11.7 Å². The van der Waals surface area contributed by atoms with Crippen LogP contribution in [0.15, 0.2) is 54.6 Å². The first-order chi connectivity index (χ1) is 10.6. The Hall–Kier alpha value is -2.80. The number of nitrogens with zero attached hydrogens (tertiary/aromatic N) is 1. The lowest BCUT2D eigenvalue weighted by atomic mass is 9.96. The van der Waals surface area contributed by atoms with E-state index in [2.05, 4.69) is 24.5 Å². The van der Waals surface area contributed by atoms with Crippen LogP contribution in [0.3, 0.4) is 0 Å². The zero-order valence-corrected chi connectivity index (χ0v) is 12.7. The van der Waals surface area contributed by atoms with Crippen LogP contribution in [-0.4, -0.2) is 6.03 Å². The van der Waals surface area contributed by atoms with Gasteiger partial charge in [0.05, 0.1) is 17.7 Å². The van der Waals surface area contributed by atoms with Crippen LogP contribution in [0, 0.1) is 17.2 Å². The summed E-state index contributed by atoms with van der Waals surface area (Å²) in [7, 11) is 0. The van der Waals surface area contributed by atoms with E-state index in [1.54, 1.807) is 24.3 Å². The van der Waals surface area contributed by atoms with Gasteiger partial charge in [0, 0.05) is 5.69 Å². The molecule has 2 rings (SSSR count). The van der Waals surface area contributed by atoms with Crippen molar-refractivity contribution < 1.29 is 4.79 Å². The van der Waals surface area contributed by atoms with Crippen molar-refractivity contribution in [1.82, 2.24) is 5.32 Å². The molecule has 2 N–H and O–H groups in total. The fraction of sp³-hybridized carbons (Fsp3) is 0.222. The van der Waals surface area contributed by atoms with Crippen LogP contribution in [0.25, 0.3) is 0 Å². The van der Waals surface area contributed by atoms with Gasteiger partial charge in [-0.25, -0.2) is 4.79 Å². The van der Waals surface area contributed by atoms with Gasteiger partial charge < -0.3 is 10.6 Å². The van der Waals surface area contributed by atoms with Gasteiger partial charge in [-0.2, -0.15) is 5.26 Å². The number of carbonyl (C=O) groups excluding carboxylic acids is 1. The van der Waals surface area contributed by atoms with Gasteiger partial charge in [0.1, 0.15) is 0 Å². The number of urea groups is 1. The Morgan fingerprint density at radius 1 is 1.05 bits per heavy atom. The Morgan fingerprint density at radius 3 is 2.23 bits per heavy atom. The Labute approximate surface area is 130 Å². The number of nitrogens with one attached hydrogen (secondary N) is 2. The Balaban J connectivity index is 2.04. The van der Waals surface area contributed by atoms with E-state index in [1.165, 1.54) is 0 Å². The molecule has 0 aliphatic carbocycles. The molecule has 4 nitrogen and oxygen atoms in total. The van der Waals surface area contributed by atoms with Crippen molar-refractivity contribution in [2.45, 2.75) is 19.9 Å². The summed E-state index contributed by atoms with van der Waals surface area (Å²) in [6.45, 7) is 4.14. The van der Waals surface area contributed by atoms with Crippen molar-refractivity contribution in [3.05, 3.63) is 65.7 Å². The molecule has 1 unspecified atom stereocenters. The number of rotatable bonds is 4. The minimum atomic E-state index is -0.257. The predicted octanol–water partition coefficient (Wildman–Crippen LogP) is 4.08. The highest BCUT2D eigenvalue weighted by Gasteiger charge is 2.17. The van der Waals surface area contributed by atoms with Gasteiger partial charge in [-0.15, -0.1) is 0 Å². The van der Waals surface area contributed by atoms with E-state index in [9.17, 15) is 4.79 Å². The fourth-order valence-corrected chi connectivity index (χ4v) is 2.23. The Bertz CT molecular complexity index is 657. The lowest BCUT2D eigenvalue weighted by Gasteiger charge is -2.23. The maximum Gasteiger partial charge on any atom is 0.319 e. The van der Waals surface area contributed by atoms with E-state index in [4.69, 9.17) is 5.26 Å². The van der Waals surface area contributed by atoms with Crippen molar-refractivity contribution in [2.75, 3.05) is 5.32 Å². The summed E-state index contributed by atoms with van der Waals surface area (Å²) in [6.07, 6.45) is 0. The molecule has 2 aromatic carbocycles. The zero-order chi connectivity index (χ0) is 15.9. The lowest BCUT2D eigenvalue weighted by Crippen LogP contribution is -2.35. The summed E-state index contributed by atoms with van der Waals surface area (Å²) in [5.74, 6) is 0.272. The van der Waals surface area contributed by atoms with E-state index >= 15 is 0 Å². The van der Waals surface area contributed by atoms with E-state index in [-0.39, 0.29) is 18.0 Å². The quantitative estimate of drug-likeness (QED) is 0.892. The van der Waals surface area contributed by atoms with Gasteiger partial charge in [-0.1, -0.05) is 44.2 Å². The average molecular weight is 293 g/mol. The molecule has 0 radical (unpaired) electrons. The van der Waals surface area contributed by atoms with Crippen molar-refractivity contribution in [1.29, 1.82) is 5.26 Å². The number of amides is 2. The number of benzene rings is 2. The summed E-state index contributed by atoms with van der Waals surface area (Å²) in [5, 5.41) is 14.6. The molecule has 4 heteroatoms. The molecule has 112 valence electrons. The predicted molar refractivity (Wildman–Crippen MR) is 87.3 cm³/mol. The maximum atomic E-state index is 12.2. The third-order valence-corrected chi connectivity index (χ3v) is 3.38. The molecule has 0 aliphatic heterocycles. The molecule has 2 aromatic rings. The second-order valence-electron chi connectivity index (χ2n) is 5.42. The van der Waals surface area contributed by atoms with Crippen LogP contribution in [0.5, 0.6) is 0 Å². The first-order valence-corrected chi connectivity index (χ1v) is 7.23. The van der Waals surface area contributed by atoms with E-state index in [1.807, 2.05) is 36.4 Å². The van der Waals surface area contributed by atoms with Crippen molar-refractivity contribution in [2.24, 2.45) is 5.92 Å². The van der Waals surface area contributed by atoms with Crippen LogP contribution >= 0.6 is 0 Å². The number of hydrogen-bond donors (Lipinski definition) is 2. The van der Waals surface area contributed by atoms with Gasteiger partial charge >= 0.3 is 6.03 Å². The summed E-state index contributed by atoms with van der Waals surface area (Å²) in [4.78, 5) is 12.2. The minimum Gasteiger partial charge on any atom is -0.331 e. The molecular weight excluding hydrogens is 274 g/mol. The first-order valence-electron chi connectivity index (χ1n) is 7.23. The van der Waals surface area contributed by atoms with Crippen LogP contribution in [0.1, 0.15) is 31.0 Å². The monoisotopic (exact) mass is 293 g/mol. The molecule has 0 bridgehead atoms. The van der Waals surface area contributed by atoms with Gasteiger partial charge in [0.25, 0.3) is 0 Å².